The van der Waals surface area contributed by atoms with E-state index >= 15 is 0 Å². The summed E-state index contributed by atoms with van der Waals surface area (Å²) in [6.45, 7) is 8.44. The number of carbonyl (C=O) groups excluding carboxylic acids is 1. The van der Waals surface area contributed by atoms with E-state index in [0.29, 0.717) is 11.6 Å². The number of aryl methyl sites for hydroxylation is 1. The number of amides is 1. The Labute approximate surface area is 182 Å². The maximum Gasteiger partial charge on any atom is 0.242 e. The first-order valence-electron chi connectivity index (χ1n) is 10.7. The van der Waals surface area contributed by atoms with Crippen LogP contribution in [-0.4, -0.2) is 20.7 Å². The molecule has 160 valence electrons. The molecule has 6 nitrogen and oxygen atoms in total. The number of pyridine rings is 1. The average molecular weight is 417 g/mol. The number of rotatable bonds is 7. The van der Waals surface area contributed by atoms with Crippen molar-refractivity contribution in [3.63, 3.8) is 0 Å². The Hall–Kier alpha value is -3.41. The summed E-state index contributed by atoms with van der Waals surface area (Å²) in [4.78, 5) is 17.2. The van der Waals surface area contributed by atoms with Crippen molar-refractivity contribution >= 4 is 16.9 Å². The first-order chi connectivity index (χ1) is 15.0. The zero-order chi connectivity index (χ0) is 22.0. The van der Waals surface area contributed by atoms with E-state index in [2.05, 4.69) is 53.5 Å². The van der Waals surface area contributed by atoms with Crippen molar-refractivity contribution in [2.45, 2.75) is 52.6 Å². The van der Waals surface area contributed by atoms with Gasteiger partial charge in [-0.05, 0) is 55.5 Å². The molecule has 4 rings (SSSR count). The molecule has 0 aliphatic heterocycles. The second-order valence-corrected chi connectivity index (χ2v) is 8.04. The van der Waals surface area contributed by atoms with Gasteiger partial charge in [0.2, 0.25) is 5.91 Å². The number of nitrogens with zero attached hydrogens (tertiary/aromatic N) is 3. The predicted molar refractivity (Wildman–Crippen MR) is 122 cm³/mol. The van der Waals surface area contributed by atoms with Gasteiger partial charge in [-0.2, -0.15) is 5.10 Å². The van der Waals surface area contributed by atoms with E-state index in [0.717, 1.165) is 34.4 Å². The number of carbonyl (C=O) groups is 1. The summed E-state index contributed by atoms with van der Waals surface area (Å²) < 4.78 is 7.22. The normalized spacial score (nSPS) is 13.3. The number of hydrogen-bond donors (Lipinski definition) is 1. The van der Waals surface area contributed by atoms with Gasteiger partial charge in [0, 0.05) is 11.8 Å². The maximum absolute atomic E-state index is 12.8. The van der Waals surface area contributed by atoms with Gasteiger partial charge in [0.15, 0.2) is 5.65 Å². The third-order valence-corrected chi connectivity index (χ3v) is 5.88. The molecule has 3 aromatic heterocycles. The molecular weight excluding hydrogens is 388 g/mol. The van der Waals surface area contributed by atoms with Crippen LogP contribution in [0.4, 0.5) is 0 Å². The standard InChI is InChI=1S/C25H28N4O2/c1-5-16(2)19-8-10-20(11-9-19)17(3)27-23(30)15-29-25-24(18(4)28-29)21(12-13-26-25)22-7-6-14-31-22/h6-14,16-17H,5,15H2,1-4H3,(H,27,30). The van der Waals surface area contributed by atoms with Gasteiger partial charge in [-0.1, -0.05) is 38.1 Å². The fourth-order valence-corrected chi connectivity index (χ4v) is 3.88. The zero-order valence-corrected chi connectivity index (χ0v) is 18.4. The van der Waals surface area contributed by atoms with E-state index in [-0.39, 0.29) is 18.5 Å². The van der Waals surface area contributed by atoms with Crippen LogP contribution in [0, 0.1) is 6.92 Å². The summed E-state index contributed by atoms with van der Waals surface area (Å²) in [6.07, 6.45) is 4.47. The molecule has 1 amide bonds. The Morgan fingerprint density at radius 1 is 1.13 bits per heavy atom. The molecule has 31 heavy (non-hydrogen) atoms. The van der Waals surface area contributed by atoms with Crippen molar-refractivity contribution in [1.29, 1.82) is 0 Å². The van der Waals surface area contributed by atoms with Crippen molar-refractivity contribution in [2.24, 2.45) is 0 Å². The van der Waals surface area contributed by atoms with Crippen LogP contribution in [0.2, 0.25) is 0 Å². The largest absolute Gasteiger partial charge is 0.464 e. The fraction of sp³-hybridized carbons (Fsp3) is 0.320. The lowest BCUT2D eigenvalue weighted by Gasteiger charge is -2.16. The van der Waals surface area contributed by atoms with Crippen LogP contribution < -0.4 is 5.32 Å². The monoisotopic (exact) mass is 416 g/mol. The highest BCUT2D eigenvalue weighted by atomic mass is 16.3. The summed E-state index contributed by atoms with van der Waals surface area (Å²) in [5.74, 6) is 1.19. The summed E-state index contributed by atoms with van der Waals surface area (Å²) in [6, 6.07) is 14.1. The Kier molecular flexibility index (Phi) is 5.89. The third-order valence-electron chi connectivity index (χ3n) is 5.88. The van der Waals surface area contributed by atoms with E-state index in [1.165, 1.54) is 5.56 Å². The highest BCUT2D eigenvalue weighted by Gasteiger charge is 2.18. The van der Waals surface area contributed by atoms with Gasteiger partial charge < -0.3 is 9.73 Å². The maximum atomic E-state index is 12.8. The SMILES string of the molecule is CCC(C)c1ccc(C(C)NC(=O)Cn2nc(C)c3c(-c4ccco4)ccnc32)cc1. The molecule has 0 bridgehead atoms. The molecule has 3 heterocycles. The molecular formula is C25H28N4O2. The molecule has 0 spiro atoms. The van der Waals surface area contributed by atoms with Crippen molar-refractivity contribution < 1.29 is 9.21 Å². The van der Waals surface area contributed by atoms with E-state index in [9.17, 15) is 4.79 Å². The Morgan fingerprint density at radius 3 is 2.55 bits per heavy atom. The number of nitrogens with one attached hydrogen (secondary N) is 1. The van der Waals surface area contributed by atoms with Gasteiger partial charge in [0.1, 0.15) is 12.3 Å². The second-order valence-electron chi connectivity index (χ2n) is 8.04. The van der Waals surface area contributed by atoms with E-state index in [4.69, 9.17) is 4.42 Å². The number of fused-ring (bicyclic) bond motifs is 1. The number of furan rings is 1. The Bertz CT molecular complexity index is 1180. The van der Waals surface area contributed by atoms with Crippen LogP contribution in [0.1, 0.15) is 56.0 Å². The van der Waals surface area contributed by atoms with Crippen LogP contribution >= 0.6 is 0 Å². The highest BCUT2D eigenvalue weighted by molar-refractivity contribution is 5.93. The molecule has 0 aliphatic carbocycles. The van der Waals surface area contributed by atoms with E-state index in [1.54, 1.807) is 17.1 Å². The molecule has 6 heteroatoms. The number of aromatic nitrogens is 3. The molecule has 0 aliphatic rings. The smallest absolute Gasteiger partial charge is 0.242 e. The van der Waals surface area contributed by atoms with Gasteiger partial charge in [-0.15, -0.1) is 0 Å². The molecule has 1 aromatic carbocycles. The first-order valence-corrected chi connectivity index (χ1v) is 10.7. The summed E-state index contributed by atoms with van der Waals surface area (Å²) in [7, 11) is 0. The van der Waals surface area contributed by atoms with Crippen molar-refractivity contribution in [2.75, 3.05) is 0 Å². The third kappa shape index (κ3) is 4.24. The van der Waals surface area contributed by atoms with E-state index in [1.807, 2.05) is 32.0 Å². The van der Waals surface area contributed by atoms with Crippen molar-refractivity contribution in [3.8, 4) is 11.3 Å². The lowest BCUT2D eigenvalue weighted by molar-refractivity contribution is -0.122. The van der Waals surface area contributed by atoms with Gasteiger partial charge >= 0.3 is 0 Å². The quantitative estimate of drug-likeness (QED) is 0.438. The molecule has 0 saturated carbocycles. The van der Waals surface area contributed by atoms with Crippen LogP contribution in [-0.2, 0) is 11.3 Å². The lowest BCUT2D eigenvalue weighted by Crippen LogP contribution is -2.30. The van der Waals surface area contributed by atoms with Gasteiger partial charge in [-0.25, -0.2) is 9.67 Å². The summed E-state index contributed by atoms with van der Waals surface area (Å²) >= 11 is 0. The lowest BCUT2D eigenvalue weighted by atomic mass is 9.96. The van der Waals surface area contributed by atoms with E-state index < -0.39 is 0 Å². The van der Waals surface area contributed by atoms with Gasteiger partial charge in [-0.3, -0.25) is 4.79 Å². The number of hydrogen-bond acceptors (Lipinski definition) is 4. The fourth-order valence-electron chi connectivity index (χ4n) is 3.88. The minimum absolute atomic E-state index is 0.0898. The average Bonchev–Trinajstić information content (AvgIpc) is 3.42. The van der Waals surface area contributed by atoms with Crippen LogP contribution in [0.25, 0.3) is 22.4 Å². The predicted octanol–water partition coefficient (Wildman–Crippen LogP) is 5.39. The molecule has 1 N–H and O–H groups in total. The van der Waals surface area contributed by atoms with Crippen molar-refractivity contribution in [3.05, 3.63) is 71.7 Å². The molecule has 0 fully saturated rings. The molecule has 4 aromatic rings. The Balaban J connectivity index is 1.50. The molecule has 0 saturated heterocycles. The van der Waals surface area contributed by atoms with Crippen molar-refractivity contribution in [1.82, 2.24) is 20.1 Å². The Morgan fingerprint density at radius 2 is 1.87 bits per heavy atom. The van der Waals surface area contributed by atoms with Gasteiger partial charge in [0.05, 0.1) is 23.4 Å². The molecule has 2 unspecified atom stereocenters. The zero-order valence-electron chi connectivity index (χ0n) is 18.4. The minimum atomic E-state index is -0.104. The highest BCUT2D eigenvalue weighted by Crippen LogP contribution is 2.30. The minimum Gasteiger partial charge on any atom is -0.464 e. The first kappa shape index (κ1) is 20.8. The number of benzene rings is 1. The molecule has 0 radical (unpaired) electrons. The summed E-state index contributed by atoms with van der Waals surface area (Å²) in [5.41, 5.74) is 4.82. The van der Waals surface area contributed by atoms with Crippen LogP contribution in [0.3, 0.4) is 0 Å². The van der Waals surface area contributed by atoms with Crippen LogP contribution in [0.15, 0.2) is 59.3 Å². The summed E-state index contributed by atoms with van der Waals surface area (Å²) in [5, 5.41) is 8.55. The second kappa shape index (κ2) is 8.76. The van der Waals surface area contributed by atoms with Crippen LogP contribution in [0.5, 0.6) is 0 Å². The topological polar surface area (TPSA) is 73.0 Å². The molecule has 2 atom stereocenters. The van der Waals surface area contributed by atoms with Gasteiger partial charge in [0.25, 0.3) is 0 Å².